The molecule has 0 aliphatic carbocycles. The van der Waals surface area contributed by atoms with E-state index in [1.165, 1.54) is 12.1 Å². The molecule has 0 aromatic heterocycles. The van der Waals surface area contributed by atoms with Crippen molar-refractivity contribution in [2.75, 3.05) is 12.3 Å². The first-order chi connectivity index (χ1) is 15.5. The minimum atomic E-state index is -1.34. The molecule has 0 radical (unpaired) electrons. The Hall–Kier alpha value is -3.92. The molecule has 0 aliphatic heterocycles. The van der Waals surface area contributed by atoms with Crippen LogP contribution in [0, 0.1) is 15.0 Å². The Morgan fingerprint density at radius 3 is 2.45 bits per heavy atom. The summed E-state index contributed by atoms with van der Waals surface area (Å²) in [4.78, 5) is 78.3. The Kier molecular flexibility index (Phi) is 10.5. The van der Waals surface area contributed by atoms with Crippen LogP contribution in [-0.2, 0) is 19.2 Å². The minimum Gasteiger partial charge on any atom is -0.480 e. The summed E-state index contributed by atoms with van der Waals surface area (Å²) in [5, 5.41) is 26.6. The molecule has 2 unspecified atom stereocenters. The predicted molar refractivity (Wildman–Crippen MR) is 113 cm³/mol. The van der Waals surface area contributed by atoms with Gasteiger partial charge in [0.25, 0.3) is 5.69 Å². The SMILES string of the molecule is NC(=O)c1ccc(SCC(NC(=O)CCC(N)C(=O)N=O)C(=O)NCC(=O)O)c([N+](=O)[O-])c1. The number of nitrogens with two attached hydrogens (primary N) is 2. The smallest absolute Gasteiger partial charge is 0.322 e. The third kappa shape index (κ3) is 8.99. The van der Waals surface area contributed by atoms with Gasteiger partial charge >= 0.3 is 11.9 Å². The van der Waals surface area contributed by atoms with Gasteiger partial charge in [-0.1, -0.05) is 0 Å². The zero-order valence-electron chi connectivity index (χ0n) is 16.9. The minimum absolute atomic E-state index is 0.0555. The number of carbonyl (C=O) groups excluding carboxylic acids is 4. The van der Waals surface area contributed by atoms with Crippen molar-refractivity contribution in [3.8, 4) is 0 Å². The van der Waals surface area contributed by atoms with E-state index in [0.29, 0.717) is 0 Å². The maximum absolute atomic E-state index is 12.3. The fraction of sp³-hybridized carbons (Fsp3) is 0.353. The lowest BCUT2D eigenvalue weighted by molar-refractivity contribution is -0.387. The number of aliphatic carboxylic acids is 1. The normalized spacial score (nSPS) is 12.2. The lowest BCUT2D eigenvalue weighted by atomic mass is 10.1. The first-order valence-electron chi connectivity index (χ1n) is 9.09. The number of carboxylic acid groups (broad SMARTS) is 1. The summed E-state index contributed by atoms with van der Waals surface area (Å²) >= 11 is 0.789. The van der Waals surface area contributed by atoms with E-state index in [0.717, 1.165) is 17.8 Å². The van der Waals surface area contributed by atoms with E-state index in [-0.39, 0.29) is 29.1 Å². The van der Waals surface area contributed by atoms with Gasteiger partial charge in [-0.2, -0.15) is 0 Å². The van der Waals surface area contributed by atoms with E-state index in [9.17, 15) is 39.0 Å². The number of benzene rings is 1. The van der Waals surface area contributed by atoms with Gasteiger partial charge in [0.1, 0.15) is 12.6 Å². The Labute approximate surface area is 189 Å². The van der Waals surface area contributed by atoms with Gasteiger partial charge in [-0.05, 0) is 18.6 Å². The standard InChI is InChI=1S/C17H20N6O9S/c18-9(16(28)22-30)2-4-13(24)21-10(17(29)20-6-14(25)26)7-33-12-3-1-8(15(19)27)5-11(12)23(31)32/h1,3,5,9-10H,2,4,6-7,18H2,(H2,19,27)(H,20,29)(H,21,24)(H,25,26). The number of carbonyl (C=O) groups is 5. The zero-order chi connectivity index (χ0) is 25.1. The van der Waals surface area contributed by atoms with E-state index in [2.05, 4.69) is 15.8 Å². The number of nitrogens with zero attached hydrogens (tertiary/aromatic N) is 2. The van der Waals surface area contributed by atoms with Crippen molar-refractivity contribution in [3.63, 3.8) is 0 Å². The van der Waals surface area contributed by atoms with Crippen molar-refractivity contribution >= 4 is 47.0 Å². The van der Waals surface area contributed by atoms with Crippen LogP contribution in [0.2, 0.25) is 0 Å². The number of rotatable bonds is 13. The Morgan fingerprint density at radius 1 is 1.24 bits per heavy atom. The number of carboxylic acids is 1. The van der Waals surface area contributed by atoms with Gasteiger partial charge < -0.3 is 27.2 Å². The van der Waals surface area contributed by atoms with E-state index >= 15 is 0 Å². The molecule has 0 saturated carbocycles. The third-order valence-corrected chi connectivity index (χ3v) is 5.16. The molecule has 16 heteroatoms. The largest absolute Gasteiger partial charge is 0.480 e. The summed E-state index contributed by atoms with van der Waals surface area (Å²) in [6.07, 6.45) is -0.601. The maximum atomic E-state index is 12.3. The fourth-order valence-electron chi connectivity index (χ4n) is 2.32. The molecule has 1 aromatic rings. The second kappa shape index (κ2) is 12.8. The third-order valence-electron chi connectivity index (χ3n) is 4.00. The zero-order valence-corrected chi connectivity index (χ0v) is 17.7. The molecule has 0 fully saturated rings. The van der Waals surface area contributed by atoms with Crippen molar-refractivity contribution in [2.45, 2.75) is 29.8 Å². The molecule has 0 saturated heterocycles. The van der Waals surface area contributed by atoms with Gasteiger partial charge in [0, 0.05) is 29.0 Å². The first kappa shape index (κ1) is 27.1. The Morgan fingerprint density at radius 2 is 1.91 bits per heavy atom. The summed E-state index contributed by atoms with van der Waals surface area (Å²) in [5.41, 5.74) is 9.94. The molecule has 0 heterocycles. The van der Waals surface area contributed by atoms with Crippen molar-refractivity contribution in [3.05, 3.63) is 38.8 Å². The Bertz CT molecular complexity index is 970. The van der Waals surface area contributed by atoms with Crippen LogP contribution in [0.4, 0.5) is 5.69 Å². The number of hydrogen-bond donors (Lipinski definition) is 5. The monoisotopic (exact) mass is 484 g/mol. The topological polar surface area (TPSA) is 254 Å². The number of hydrogen-bond acceptors (Lipinski definition) is 10. The van der Waals surface area contributed by atoms with Gasteiger partial charge in [0.15, 0.2) is 0 Å². The highest BCUT2D eigenvalue weighted by atomic mass is 32.2. The van der Waals surface area contributed by atoms with E-state index < -0.39 is 58.8 Å². The molecule has 33 heavy (non-hydrogen) atoms. The van der Waals surface area contributed by atoms with Gasteiger partial charge in [-0.15, -0.1) is 16.7 Å². The maximum Gasteiger partial charge on any atom is 0.322 e. The van der Waals surface area contributed by atoms with Crippen molar-refractivity contribution in [2.24, 2.45) is 16.6 Å². The van der Waals surface area contributed by atoms with Crippen molar-refractivity contribution in [1.82, 2.24) is 10.6 Å². The number of nitrogens with one attached hydrogen (secondary N) is 2. The van der Waals surface area contributed by atoms with Crippen molar-refractivity contribution < 1.29 is 34.0 Å². The van der Waals surface area contributed by atoms with Crippen molar-refractivity contribution in [1.29, 1.82) is 0 Å². The lowest BCUT2D eigenvalue weighted by Crippen LogP contribution is -2.49. The number of nitro benzene ring substituents is 1. The summed E-state index contributed by atoms with van der Waals surface area (Å²) in [7, 11) is 0. The second-order valence-corrected chi connectivity index (χ2v) is 7.48. The van der Waals surface area contributed by atoms with E-state index in [1.54, 1.807) is 0 Å². The van der Waals surface area contributed by atoms with Gasteiger partial charge in [0.05, 0.1) is 15.9 Å². The molecule has 4 amide bonds. The van der Waals surface area contributed by atoms with Gasteiger partial charge in [-0.25, -0.2) is 0 Å². The number of primary amides is 1. The quantitative estimate of drug-likeness (QED) is 0.0968. The number of thioether (sulfide) groups is 1. The van der Waals surface area contributed by atoms with Crippen LogP contribution in [0.25, 0.3) is 0 Å². The lowest BCUT2D eigenvalue weighted by Gasteiger charge is -2.18. The number of nitroso groups, excluding NO2 is 1. The predicted octanol–water partition coefficient (Wildman–Crippen LogP) is -1.13. The molecular weight excluding hydrogens is 464 g/mol. The molecule has 1 rings (SSSR count). The summed E-state index contributed by atoms with van der Waals surface area (Å²) in [6, 6.07) is 0.813. The molecule has 0 spiro atoms. The Balaban J connectivity index is 2.96. The van der Waals surface area contributed by atoms with Crippen LogP contribution >= 0.6 is 11.8 Å². The summed E-state index contributed by atoms with van der Waals surface area (Å²) in [5.74, 6) is -5.27. The number of nitro groups is 1. The van der Waals surface area contributed by atoms with E-state index in [1.807, 2.05) is 0 Å². The van der Waals surface area contributed by atoms with Gasteiger partial charge in [-0.3, -0.25) is 34.1 Å². The van der Waals surface area contributed by atoms with Crippen LogP contribution in [0.3, 0.4) is 0 Å². The molecule has 2 atom stereocenters. The highest BCUT2D eigenvalue weighted by molar-refractivity contribution is 7.99. The highest BCUT2D eigenvalue weighted by Crippen LogP contribution is 2.30. The first-order valence-corrected chi connectivity index (χ1v) is 10.1. The van der Waals surface area contributed by atoms with Crippen LogP contribution in [0.5, 0.6) is 0 Å². The van der Waals surface area contributed by atoms with Crippen LogP contribution < -0.4 is 22.1 Å². The van der Waals surface area contributed by atoms with Gasteiger partial charge in [0.2, 0.25) is 17.7 Å². The second-order valence-electron chi connectivity index (χ2n) is 6.42. The van der Waals surface area contributed by atoms with Crippen LogP contribution in [0.15, 0.2) is 28.3 Å². The fourth-order valence-corrected chi connectivity index (χ4v) is 3.35. The summed E-state index contributed by atoms with van der Waals surface area (Å²) in [6.45, 7) is -0.742. The average Bonchev–Trinajstić information content (AvgIpc) is 2.77. The average molecular weight is 484 g/mol. The molecule has 178 valence electrons. The molecule has 1 aromatic carbocycles. The molecule has 0 bridgehead atoms. The van der Waals surface area contributed by atoms with Crippen LogP contribution in [0.1, 0.15) is 23.2 Å². The summed E-state index contributed by atoms with van der Waals surface area (Å²) < 4.78 is 0. The molecule has 15 nitrogen and oxygen atoms in total. The molecular formula is C17H20N6O9S. The number of amides is 4. The van der Waals surface area contributed by atoms with E-state index in [4.69, 9.17) is 16.6 Å². The van der Waals surface area contributed by atoms with Crippen LogP contribution in [-0.4, -0.2) is 64.0 Å². The molecule has 7 N–H and O–H groups in total. The highest BCUT2D eigenvalue weighted by Gasteiger charge is 2.25. The molecule has 0 aliphatic rings.